The number of hydrogen-bond acceptors (Lipinski definition) is 4. The summed E-state index contributed by atoms with van der Waals surface area (Å²) in [6, 6.07) is 7.88. The van der Waals surface area contributed by atoms with Crippen LogP contribution in [0.5, 0.6) is 0 Å². The van der Waals surface area contributed by atoms with E-state index in [2.05, 4.69) is 14.5 Å². The molecule has 1 aromatic carbocycles. The van der Waals surface area contributed by atoms with Crippen molar-refractivity contribution in [1.82, 2.24) is 14.5 Å². The van der Waals surface area contributed by atoms with Crippen molar-refractivity contribution < 1.29 is 4.79 Å². The molecule has 0 saturated heterocycles. The molecule has 0 saturated carbocycles. The second kappa shape index (κ2) is 7.69. The number of rotatable bonds is 6. The molecule has 2 atom stereocenters. The minimum atomic E-state index is -0.893. The fourth-order valence-corrected chi connectivity index (χ4v) is 4.84. The lowest BCUT2D eigenvalue weighted by molar-refractivity contribution is -0.121. The number of allylic oxidation sites excluding steroid dienone is 3. The van der Waals surface area contributed by atoms with Crippen LogP contribution in [0.15, 0.2) is 53.9 Å². The van der Waals surface area contributed by atoms with Crippen LogP contribution >= 0.6 is 23.2 Å². The zero-order chi connectivity index (χ0) is 20.6. The van der Waals surface area contributed by atoms with E-state index in [0.717, 1.165) is 35.8 Å². The van der Waals surface area contributed by atoms with Gasteiger partial charge < -0.3 is 16.0 Å². The Morgan fingerprint density at radius 1 is 1.28 bits per heavy atom. The van der Waals surface area contributed by atoms with Gasteiger partial charge in [0, 0.05) is 17.0 Å². The third-order valence-corrected chi connectivity index (χ3v) is 6.24. The number of aromatic nitrogens is 3. The fourth-order valence-electron chi connectivity index (χ4n) is 3.98. The number of alkyl halides is 1. The molecule has 0 fully saturated rings. The number of hydrogen-bond donors (Lipinski definition) is 2. The Balaban J connectivity index is 1.51. The monoisotopic (exact) mass is 429 g/mol. The van der Waals surface area contributed by atoms with Crippen LogP contribution in [0, 0.1) is 5.92 Å². The summed E-state index contributed by atoms with van der Waals surface area (Å²) < 4.78 is 2.09. The highest BCUT2D eigenvalue weighted by Gasteiger charge is 2.41. The van der Waals surface area contributed by atoms with E-state index >= 15 is 0 Å². The molecule has 4 N–H and O–H groups in total. The van der Waals surface area contributed by atoms with Gasteiger partial charge in [0.1, 0.15) is 5.52 Å². The molecule has 8 heteroatoms. The summed E-state index contributed by atoms with van der Waals surface area (Å²) in [6.07, 6.45) is 9.26. The Bertz CT molecular complexity index is 1150. The molecule has 2 aromatic heterocycles. The lowest BCUT2D eigenvalue weighted by Gasteiger charge is -2.32. The number of nitrogens with zero attached hydrogens (tertiary/aromatic N) is 3. The number of primary amides is 1. The number of carbonyl (C=O) groups is 1. The van der Waals surface area contributed by atoms with Crippen LogP contribution in [0.3, 0.4) is 0 Å². The lowest BCUT2D eigenvalue weighted by atomic mass is 9.83. The summed E-state index contributed by atoms with van der Waals surface area (Å²) in [5.74, 6) is -0.796. The Morgan fingerprint density at radius 2 is 2.07 bits per heavy atom. The Morgan fingerprint density at radius 3 is 2.86 bits per heavy atom. The summed E-state index contributed by atoms with van der Waals surface area (Å²) in [5.41, 5.74) is 14.1. The van der Waals surface area contributed by atoms with Crippen LogP contribution in [0.2, 0.25) is 0 Å². The molecule has 29 heavy (non-hydrogen) atoms. The third kappa shape index (κ3) is 3.58. The van der Waals surface area contributed by atoms with Crippen molar-refractivity contribution in [2.24, 2.45) is 11.7 Å². The van der Waals surface area contributed by atoms with Gasteiger partial charge in [-0.15, -0.1) is 11.6 Å². The van der Waals surface area contributed by atoms with E-state index in [0.29, 0.717) is 22.8 Å². The summed E-state index contributed by atoms with van der Waals surface area (Å²) >= 11 is 12.9. The van der Waals surface area contributed by atoms with Gasteiger partial charge in [0.2, 0.25) is 5.91 Å². The molecule has 1 aliphatic rings. The molecule has 0 bridgehead atoms. The van der Waals surface area contributed by atoms with Crippen molar-refractivity contribution in [3.8, 4) is 0 Å². The van der Waals surface area contributed by atoms with E-state index in [9.17, 15) is 4.79 Å². The number of benzene rings is 1. The summed E-state index contributed by atoms with van der Waals surface area (Å²) in [5, 5.41) is 1.40. The Kier molecular flexibility index (Phi) is 5.23. The minimum Gasteiger partial charge on any atom is -0.382 e. The fraction of sp³-hybridized carbons (Fsp3) is 0.286. The molecule has 2 heterocycles. The number of unbranched alkanes of at least 4 members (excludes halogenated alkanes) is 1. The molecule has 6 nitrogen and oxygen atoms in total. The highest BCUT2D eigenvalue weighted by atomic mass is 35.5. The number of anilines is 1. The number of pyridine rings is 1. The van der Waals surface area contributed by atoms with Gasteiger partial charge >= 0.3 is 0 Å². The van der Waals surface area contributed by atoms with Crippen LogP contribution in [-0.4, -0.2) is 25.3 Å². The number of halogens is 2. The number of fused-ring (bicyclic) bond motifs is 3. The van der Waals surface area contributed by atoms with E-state index in [-0.39, 0.29) is 0 Å². The molecule has 150 valence electrons. The molecular weight excluding hydrogens is 409 g/mol. The molecule has 0 radical (unpaired) electrons. The van der Waals surface area contributed by atoms with Crippen LogP contribution in [0.1, 0.15) is 19.3 Å². The second-order valence-electron chi connectivity index (χ2n) is 7.28. The molecule has 0 aliphatic heterocycles. The molecule has 4 rings (SSSR count). The van der Waals surface area contributed by atoms with E-state index in [1.165, 1.54) is 0 Å². The van der Waals surface area contributed by atoms with E-state index in [4.69, 9.17) is 34.7 Å². The van der Waals surface area contributed by atoms with E-state index in [1.54, 1.807) is 18.5 Å². The summed E-state index contributed by atoms with van der Waals surface area (Å²) in [4.78, 5) is 19.8. The van der Waals surface area contributed by atoms with Gasteiger partial charge in [-0.1, -0.05) is 42.0 Å². The molecule has 1 aliphatic carbocycles. The van der Waals surface area contributed by atoms with Gasteiger partial charge in [0.25, 0.3) is 0 Å². The maximum absolute atomic E-state index is 11.9. The number of carbonyl (C=O) groups excluding carboxylic acids is 1. The van der Waals surface area contributed by atoms with Gasteiger partial charge in [-0.3, -0.25) is 4.79 Å². The highest BCUT2D eigenvalue weighted by molar-refractivity contribution is 6.35. The predicted octanol–water partition coefficient (Wildman–Crippen LogP) is 4.11. The van der Waals surface area contributed by atoms with Crippen molar-refractivity contribution in [3.05, 3.63) is 53.9 Å². The van der Waals surface area contributed by atoms with Gasteiger partial charge in [0.15, 0.2) is 5.82 Å². The first-order valence-electron chi connectivity index (χ1n) is 9.43. The number of nitrogens with two attached hydrogens (primary N) is 2. The van der Waals surface area contributed by atoms with E-state index in [1.807, 2.05) is 30.3 Å². The summed E-state index contributed by atoms with van der Waals surface area (Å²) in [6.45, 7) is 0.742. The molecule has 3 aromatic rings. The Labute approximate surface area is 178 Å². The second-order valence-corrected chi connectivity index (χ2v) is 8.42. The maximum Gasteiger partial charge on any atom is 0.228 e. The highest BCUT2D eigenvalue weighted by Crippen LogP contribution is 2.41. The topological polar surface area (TPSA) is 99.8 Å². The molecule has 2 unspecified atom stereocenters. The molecule has 1 amide bonds. The Hall–Kier alpha value is -2.57. The number of aryl methyl sites for hydroxylation is 1. The average Bonchev–Trinajstić information content (AvgIpc) is 3.10. The average molecular weight is 430 g/mol. The lowest BCUT2D eigenvalue weighted by Crippen LogP contribution is -2.41. The summed E-state index contributed by atoms with van der Waals surface area (Å²) in [7, 11) is 0. The molecular formula is C21H21Cl2N5O. The van der Waals surface area contributed by atoms with E-state index < -0.39 is 16.7 Å². The number of nitrogen functional groups attached to an aromatic ring is 1. The van der Waals surface area contributed by atoms with Gasteiger partial charge in [0.05, 0.1) is 28.2 Å². The largest absolute Gasteiger partial charge is 0.382 e. The van der Waals surface area contributed by atoms with Crippen LogP contribution < -0.4 is 11.5 Å². The number of amides is 1. The minimum absolute atomic E-state index is 0.380. The van der Waals surface area contributed by atoms with Crippen LogP contribution in [-0.2, 0) is 11.3 Å². The standard InChI is InChI=1S/C21H21Cl2N5O/c22-14-7-5-10-21(23,16(14)20(25)29)9-3-4-11-28-12-26-17-18(28)13-6-1-2-8-15(13)27-19(17)24/h1-2,5-8,10,12,16H,3-4,9,11H2,(H2,24,27)(H2,25,29). The van der Waals surface area contributed by atoms with Crippen molar-refractivity contribution in [2.75, 3.05) is 5.73 Å². The van der Waals surface area contributed by atoms with Crippen LogP contribution in [0.4, 0.5) is 5.82 Å². The zero-order valence-corrected chi connectivity index (χ0v) is 17.2. The van der Waals surface area contributed by atoms with Crippen LogP contribution in [0.25, 0.3) is 21.9 Å². The first kappa shape index (κ1) is 19.7. The van der Waals surface area contributed by atoms with Crippen molar-refractivity contribution >= 4 is 56.9 Å². The zero-order valence-electron chi connectivity index (χ0n) is 15.7. The van der Waals surface area contributed by atoms with Crippen molar-refractivity contribution in [3.63, 3.8) is 0 Å². The third-order valence-electron chi connectivity index (χ3n) is 5.36. The number of para-hydroxylation sites is 1. The maximum atomic E-state index is 11.9. The normalized spacial score (nSPS) is 21.6. The van der Waals surface area contributed by atoms with Gasteiger partial charge in [-0.25, -0.2) is 9.97 Å². The number of imidazole rings is 1. The first-order valence-corrected chi connectivity index (χ1v) is 10.2. The van der Waals surface area contributed by atoms with Gasteiger partial charge in [-0.2, -0.15) is 0 Å². The molecule has 0 spiro atoms. The van der Waals surface area contributed by atoms with Gasteiger partial charge in [-0.05, 0) is 31.4 Å². The van der Waals surface area contributed by atoms with Crippen molar-refractivity contribution in [2.45, 2.75) is 30.7 Å². The van der Waals surface area contributed by atoms with Crippen molar-refractivity contribution in [1.29, 1.82) is 0 Å². The predicted molar refractivity (Wildman–Crippen MR) is 118 cm³/mol. The quantitative estimate of drug-likeness (QED) is 0.454. The SMILES string of the molecule is NC(=O)C1C(Cl)=CC=CC1(Cl)CCCCn1cnc2c(N)nc3ccccc3c21. The first-order chi connectivity index (χ1) is 13.9. The smallest absolute Gasteiger partial charge is 0.228 e.